The van der Waals surface area contributed by atoms with Crippen LogP contribution >= 0.6 is 15.9 Å². The fourth-order valence-electron chi connectivity index (χ4n) is 1.98. The molecule has 1 N–H and O–H groups in total. The van der Waals surface area contributed by atoms with E-state index in [4.69, 9.17) is 4.42 Å². The Hall–Kier alpha value is -2.02. The molecule has 0 radical (unpaired) electrons. The Morgan fingerprint density at radius 2 is 2.00 bits per heavy atom. The number of anilines is 1. The summed E-state index contributed by atoms with van der Waals surface area (Å²) in [5.41, 5.74) is 0.470. The Morgan fingerprint density at radius 1 is 1.18 bits per heavy atom. The summed E-state index contributed by atoms with van der Waals surface area (Å²) in [5, 5.41) is 2.95. The maximum Gasteiger partial charge on any atom is 0.416 e. The van der Waals surface area contributed by atoms with Crippen molar-refractivity contribution in [1.29, 1.82) is 0 Å². The summed E-state index contributed by atoms with van der Waals surface area (Å²) < 4.78 is 44.4. The number of hydrogen-bond donors (Lipinski definition) is 1. The quantitative estimate of drug-likeness (QED) is 0.770. The van der Waals surface area contributed by atoms with Crippen molar-refractivity contribution in [3.8, 4) is 0 Å². The number of rotatable bonds is 2. The van der Waals surface area contributed by atoms with Gasteiger partial charge in [-0.25, -0.2) is 0 Å². The SMILES string of the molecule is FC(F)(F)c1ccc2oc(NC3=CCC=C(Br)C=C3)nc2c1. The maximum absolute atomic E-state index is 12.7. The fourth-order valence-corrected chi connectivity index (χ4v) is 2.30. The molecule has 0 spiro atoms. The molecule has 0 bridgehead atoms. The van der Waals surface area contributed by atoms with Crippen molar-refractivity contribution in [2.45, 2.75) is 12.6 Å². The molecule has 0 aliphatic heterocycles. The second-order valence-corrected chi connectivity index (χ2v) is 5.56. The minimum absolute atomic E-state index is 0.156. The standard InChI is InChI=1S/C15H10BrF3N2O/c16-10-2-1-3-11(6-5-10)20-14-21-12-8-9(15(17,18)19)4-7-13(12)22-14/h2-8H,1H2,(H,20,21). The first-order valence-corrected chi connectivity index (χ1v) is 7.20. The Kier molecular flexibility index (Phi) is 3.82. The van der Waals surface area contributed by atoms with E-state index in [2.05, 4.69) is 26.2 Å². The minimum atomic E-state index is -4.40. The van der Waals surface area contributed by atoms with Gasteiger partial charge in [-0.15, -0.1) is 0 Å². The van der Waals surface area contributed by atoms with Gasteiger partial charge < -0.3 is 9.73 Å². The van der Waals surface area contributed by atoms with Crippen LogP contribution in [-0.2, 0) is 6.18 Å². The molecule has 0 amide bonds. The van der Waals surface area contributed by atoms with Crippen molar-refractivity contribution in [3.05, 3.63) is 58.2 Å². The summed E-state index contributed by atoms with van der Waals surface area (Å²) in [5.74, 6) is 0. The number of oxazole rings is 1. The van der Waals surface area contributed by atoms with Gasteiger partial charge in [0, 0.05) is 10.2 Å². The summed E-state index contributed by atoms with van der Waals surface area (Å²) in [6.45, 7) is 0. The Morgan fingerprint density at radius 3 is 2.77 bits per heavy atom. The molecule has 0 saturated heterocycles. The zero-order valence-corrected chi connectivity index (χ0v) is 12.7. The third-order valence-electron chi connectivity index (χ3n) is 3.04. The normalized spacial score (nSPS) is 15.5. The third kappa shape index (κ3) is 3.24. The van der Waals surface area contributed by atoms with Gasteiger partial charge in [-0.1, -0.05) is 28.1 Å². The molecule has 114 valence electrons. The van der Waals surface area contributed by atoms with Gasteiger partial charge in [-0.05, 0) is 36.8 Å². The van der Waals surface area contributed by atoms with Crippen LogP contribution in [0, 0.1) is 0 Å². The zero-order valence-electron chi connectivity index (χ0n) is 11.1. The van der Waals surface area contributed by atoms with E-state index in [-0.39, 0.29) is 11.5 Å². The van der Waals surface area contributed by atoms with E-state index in [0.29, 0.717) is 12.0 Å². The zero-order chi connectivity index (χ0) is 15.7. The van der Waals surface area contributed by atoms with Gasteiger partial charge in [0.1, 0.15) is 5.52 Å². The Bertz CT molecular complexity index is 803. The predicted molar refractivity (Wildman–Crippen MR) is 81.5 cm³/mol. The van der Waals surface area contributed by atoms with Gasteiger partial charge in [0.2, 0.25) is 0 Å². The Labute approximate surface area is 132 Å². The van der Waals surface area contributed by atoms with Crippen LogP contribution in [0.15, 0.2) is 57.1 Å². The van der Waals surface area contributed by atoms with Crippen molar-refractivity contribution in [3.63, 3.8) is 0 Å². The van der Waals surface area contributed by atoms with E-state index in [9.17, 15) is 13.2 Å². The lowest BCUT2D eigenvalue weighted by Crippen LogP contribution is -2.04. The van der Waals surface area contributed by atoms with Crippen molar-refractivity contribution in [2.24, 2.45) is 0 Å². The molecule has 3 rings (SSSR count). The van der Waals surface area contributed by atoms with E-state index in [1.165, 1.54) is 6.07 Å². The highest BCUT2D eigenvalue weighted by atomic mass is 79.9. The summed E-state index contributed by atoms with van der Waals surface area (Å²) in [7, 11) is 0. The summed E-state index contributed by atoms with van der Waals surface area (Å²) >= 11 is 3.37. The summed E-state index contributed by atoms with van der Waals surface area (Å²) in [6.07, 6.45) is 3.90. The van der Waals surface area contributed by atoms with Crippen LogP contribution < -0.4 is 5.32 Å². The van der Waals surface area contributed by atoms with E-state index in [1.54, 1.807) is 0 Å². The molecule has 1 aliphatic rings. The molecular weight excluding hydrogens is 361 g/mol. The van der Waals surface area contributed by atoms with E-state index < -0.39 is 11.7 Å². The van der Waals surface area contributed by atoms with E-state index in [1.807, 2.05) is 24.3 Å². The molecule has 7 heteroatoms. The second-order valence-electron chi connectivity index (χ2n) is 4.64. The molecule has 1 heterocycles. The highest BCUT2D eigenvalue weighted by Gasteiger charge is 2.31. The second kappa shape index (κ2) is 5.64. The number of nitrogens with one attached hydrogen (secondary N) is 1. The molecule has 0 atom stereocenters. The van der Waals surface area contributed by atoms with Gasteiger partial charge in [0.25, 0.3) is 6.01 Å². The van der Waals surface area contributed by atoms with Crippen molar-refractivity contribution in [1.82, 2.24) is 4.98 Å². The molecular formula is C15H10BrF3N2O. The Balaban J connectivity index is 1.87. The molecule has 2 aromatic rings. The largest absolute Gasteiger partial charge is 0.423 e. The molecule has 1 aliphatic carbocycles. The minimum Gasteiger partial charge on any atom is -0.423 e. The number of allylic oxidation sites excluding steroid dienone is 5. The molecule has 1 aromatic heterocycles. The van der Waals surface area contributed by atoms with E-state index >= 15 is 0 Å². The van der Waals surface area contributed by atoms with Crippen molar-refractivity contribution >= 4 is 33.0 Å². The topological polar surface area (TPSA) is 38.1 Å². The first-order chi connectivity index (χ1) is 10.4. The predicted octanol–water partition coefficient (Wildman–Crippen LogP) is 5.38. The first-order valence-electron chi connectivity index (χ1n) is 6.40. The van der Waals surface area contributed by atoms with Crippen LogP contribution in [0.2, 0.25) is 0 Å². The highest BCUT2D eigenvalue weighted by molar-refractivity contribution is 9.11. The summed E-state index contributed by atoms with van der Waals surface area (Å²) in [4.78, 5) is 4.05. The average molecular weight is 371 g/mol. The van der Waals surface area contributed by atoms with Crippen LogP contribution in [0.1, 0.15) is 12.0 Å². The summed E-state index contributed by atoms with van der Waals surface area (Å²) in [6, 6.07) is 3.37. The lowest BCUT2D eigenvalue weighted by molar-refractivity contribution is -0.137. The van der Waals surface area contributed by atoms with Crippen LogP contribution in [0.25, 0.3) is 11.1 Å². The molecule has 0 unspecified atom stereocenters. The lowest BCUT2D eigenvalue weighted by Gasteiger charge is -2.04. The van der Waals surface area contributed by atoms with Gasteiger partial charge in [-0.2, -0.15) is 18.2 Å². The monoisotopic (exact) mass is 370 g/mol. The number of benzene rings is 1. The van der Waals surface area contributed by atoms with Crippen LogP contribution in [0.3, 0.4) is 0 Å². The smallest absolute Gasteiger partial charge is 0.416 e. The van der Waals surface area contributed by atoms with Crippen LogP contribution in [-0.4, -0.2) is 4.98 Å². The number of aromatic nitrogens is 1. The highest BCUT2D eigenvalue weighted by Crippen LogP contribution is 2.32. The van der Waals surface area contributed by atoms with Crippen LogP contribution in [0.5, 0.6) is 0 Å². The van der Waals surface area contributed by atoms with Gasteiger partial charge in [0.05, 0.1) is 5.56 Å². The van der Waals surface area contributed by atoms with Crippen molar-refractivity contribution < 1.29 is 17.6 Å². The van der Waals surface area contributed by atoms with Gasteiger partial charge in [-0.3, -0.25) is 0 Å². The number of nitrogens with zero attached hydrogens (tertiary/aromatic N) is 1. The number of alkyl halides is 3. The average Bonchev–Trinajstić information content (AvgIpc) is 2.73. The maximum atomic E-state index is 12.7. The van der Waals surface area contributed by atoms with E-state index in [0.717, 1.165) is 22.3 Å². The van der Waals surface area contributed by atoms with Gasteiger partial charge in [0.15, 0.2) is 5.58 Å². The first kappa shape index (κ1) is 14.9. The molecule has 1 aromatic carbocycles. The fraction of sp³-hybridized carbons (Fsp3) is 0.133. The number of halogens is 4. The molecule has 3 nitrogen and oxygen atoms in total. The lowest BCUT2D eigenvalue weighted by atomic mass is 10.2. The molecule has 22 heavy (non-hydrogen) atoms. The van der Waals surface area contributed by atoms with Crippen molar-refractivity contribution in [2.75, 3.05) is 5.32 Å². The van der Waals surface area contributed by atoms with Gasteiger partial charge >= 0.3 is 6.18 Å². The van der Waals surface area contributed by atoms with Crippen LogP contribution in [0.4, 0.5) is 19.2 Å². The number of hydrogen-bond acceptors (Lipinski definition) is 3. The molecule has 0 saturated carbocycles. The number of fused-ring (bicyclic) bond motifs is 1. The molecule has 0 fully saturated rings. The third-order valence-corrected chi connectivity index (χ3v) is 3.63.